The highest BCUT2D eigenvalue weighted by Crippen LogP contribution is 2.16. The Morgan fingerprint density at radius 1 is 1.03 bits per heavy atom. The summed E-state index contributed by atoms with van der Waals surface area (Å²) in [5.41, 5.74) is 2.19. The Balaban J connectivity index is 1.31. The van der Waals surface area contributed by atoms with Gasteiger partial charge in [0, 0.05) is 52.4 Å². The molecule has 0 spiro atoms. The van der Waals surface area contributed by atoms with E-state index in [9.17, 15) is 9.18 Å². The van der Waals surface area contributed by atoms with Crippen LogP contribution in [-0.2, 0) is 22.6 Å². The third-order valence-corrected chi connectivity index (χ3v) is 6.11. The number of rotatable bonds is 8. The molecule has 1 atom stereocenters. The maximum absolute atomic E-state index is 13.6. The third kappa shape index (κ3) is 6.60. The zero-order valence-electron chi connectivity index (χ0n) is 18.1. The predicted octanol–water partition coefficient (Wildman–Crippen LogP) is 3.15. The lowest BCUT2D eigenvalue weighted by atomic mass is 10.1. The van der Waals surface area contributed by atoms with E-state index in [4.69, 9.17) is 4.74 Å². The van der Waals surface area contributed by atoms with E-state index >= 15 is 0 Å². The molecule has 1 unspecified atom stereocenters. The Bertz CT molecular complexity index is 834. The van der Waals surface area contributed by atoms with Crippen molar-refractivity contribution in [1.82, 2.24) is 14.7 Å². The first-order valence-corrected chi connectivity index (χ1v) is 11.3. The van der Waals surface area contributed by atoms with E-state index in [-0.39, 0.29) is 17.8 Å². The molecule has 31 heavy (non-hydrogen) atoms. The minimum Gasteiger partial charge on any atom is -0.377 e. The number of halogens is 1. The van der Waals surface area contributed by atoms with Gasteiger partial charge < -0.3 is 9.64 Å². The summed E-state index contributed by atoms with van der Waals surface area (Å²) in [5.74, 6) is -0.0933. The normalized spacial score (nSPS) is 19.8. The van der Waals surface area contributed by atoms with E-state index in [1.165, 1.54) is 11.6 Å². The van der Waals surface area contributed by atoms with Crippen LogP contribution in [0.4, 0.5) is 4.39 Å². The van der Waals surface area contributed by atoms with Crippen LogP contribution >= 0.6 is 0 Å². The SMILES string of the molecule is O=C(CN(Cc1cccc(F)c1)CC1CCCO1)N1CCN(Cc2ccccc2)CC1. The lowest BCUT2D eigenvalue weighted by molar-refractivity contribution is -0.134. The van der Waals surface area contributed by atoms with Gasteiger partial charge in [-0.3, -0.25) is 14.6 Å². The maximum atomic E-state index is 13.6. The average molecular weight is 426 g/mol. The molecular formula is C25H32FN3O2. The number of hydrogen-bond acceptors (Lipinski definition) is 4. The molecule has 0 N–H and O–H groups in total. The summed E-state index contributed by atoms with van der Waals surface area (Å²) in [5, 5.41) is 0. The first kappa shape index (κ1) is 21.9. The largest absolute Gasteiger partial charge is 0.377 e. The summed E-state index contributed by atoms with van der Waals surface area (Å²) in [4.78, 5) is 19.5. The van der Waals surface area contributed by atoms with Crippen molar-refractivity contribution in [1.29, 1.82) is 0 Å². The average Bonchev–Trinajstić information content (AvgIpc) is 3.28. The highest BCUT2D eigenvalue weighted by molar-refractivity contribution is 5.78. The predicted molar refractivity (Wildman–Crippen MR) is 119 cm³/mol. The second-order valence-electron chi connectivity index (χ2n) is 8.58. The Morgan fingerprint density at radius 3 is 2.52 bits per heavy atom. The van der Waals surface area contributed by atoms with Gasteiger partial charge in [0.05, 0.1) is 12.6 Å². The molecule has 2 aromatic rings. The molecule has 2 fully saturated rings. The molecule has 2 saturated heterocycles. The number of carbonyl (C=O) groups excluding carboxylic acids is 1. The third-order valence-electron chi connectivity index (χ3n) is 6.11. The van der Waals surface area contributed by atoms with Gasteiger partial charge in [0.2, 0.25) is 5.91 Å². The molecule has 0 bridgehead atoms. The summed E-state index contributed by atoms with van der Waals surface area (Å²) >= 11 is 0. The summed E-state index contributed by atoms with van der Waals surface area (Å²) in [7, 11) is 0. The van der Waals surface area contributed by atoms with Crippen LogP contribution in [0.15, 0.2) is 54.6 Å². The number of amides is 1. The zero-order chi connectivity index (χ0) is 21.5. The van der Waals surface area contributed by atoms with Crippen molar-refractivity contribution in [3.8, 4) is 0 Å². The molecule has 2 aliphatic heterocycles. The van der Waals surface area contributed by atoms with Gasteiger partial charge in [-0.1, -0.05) is 42.5 Å². The van der Waals surface area contributed by atoms with Gasteiger partial charge >= 0.3 is 0 Å². The number of benzene rings is 2. The molecule has 2 aromatic carbocycles. The lowest BCUT2D eigenvalue weighted by Gasteiger charge is -2.36. The minimum absolute atomic E-state index is 0.147. The van der Waals surface area contributed by atoms with E-state index in [0.29, 0.717) is 19.6 Å². The molecule has 2 heterocycles. The fourth-order valence-corrected chi connectivity index (χ4v) is 4.44. The summed E-state index contributed by atoms with van der Waals surface area (Å²) in [6, 6.07) is 17.1. The second kappa shape index (κ2) is 10.8. The van der Waals surface area contributed by atoms with Crippen LogP contribution in [0.3, 0.4) is 0 Å². The van der Waals surface area contributed by atoms with Crippen LogP contribution in [0, 0.1) is 5.82 Å². The van der Waals surface area contributed by atoms with Crippen molar-refractivity contribution < 1.29 is 13.9 Å². The Kier molecular flexibility index (Phi) is 7.67. The molecule has 0 aromatic heterocycles. The van der Waals surface area contributed by atoms with Crippen LogP contribution in [0.2, 0.25) is 0 Å². The van der Waals surface area contributed by atoms with E-state index in [0.717, 1.165) is 57.7 Å². The summed E-state index contributed by atoms with van der Waals surface area (Å²) in [6.07, 6.45) is 2.24. The number of nitrogens with zero attached hydrogens (tertiary/aromatic N) is 3. The first-order valence-electron chi connectivity index (χ1n) is 11.3. The molecule has 0 aliphatic carbocycles. The van der Waals surface area contributed by atoms with E-state index in [1.807, 2.05) is 17.0 Å². The maximum Gasteiger partial charge on any atom is 0.236 e. The molecule has 6 heteroatoms. The molecular weight excluding hydrogens is 393 g/mol. The highest BCUT2D eigenvalue weighted by atomic mass is 19.1. The molecule has 1 amide bonds. The van der Waals surface area contributed by atoms with Crippen molar-refractivity contribution in [3.63, 3.8) is 0 Å². The van der Waals surface area contributed by atoms with E-state index < -0.39 is 0 Å². The number of carbonyl (C=O) groups is 1. The van der Waals surface area contributed by atoms with Crippen molar-refractivity contribution in [2.75, 3.05) is 45.9 Å². The Morgan fingerprint density at radius 2 is 1.81 bits per heavy atom. The van der Waals surface area contributed by atoms with Crippen LogP contribution in [0.5, 0.6) is 0 Å². The van der Waals surface area contributed by atoms with Crippen molar-refractivity contribution in [2.24, 2.45) is 0 Å². The van der Waals surface area contributed by atoms with Gasteiger partial charge in [0.1, 0.15) is 5.82 Å². The molecule has 0 radical (unpaired) electrons. The molecule has 5 nitrogen and oxygen atoms in total. The van der Waals surface area contributed by atoms with Crippen molar-refractivity contribution >= 4 is 5.91 Å². The van der Waals surface area contributed by atoms with Gasteiger partial charge in [-0.2, -0.15) is 0 Å². The number of hydrogen-bond donors (Lipinski definition) is 0. The minimum atomic E-state index is -0.240. The molecule has 166 valence electrons. The molecule has 0 saturated carbocycles. The first-order chi connectivity index (χ1) is 15.2. The van der Waals surface area contributed by atoms with Gasteiger partial charge in [-0.15, -0.1) is 0 Å². The fraction of sp³-hybridized carbons (Fsp3) is 0.480. The van der Waals surface area contributed by atoms with Gasteiger partial charge in [0.25, 0.3) is 0 Å². The summed E-state index contributed by atoms with van der Waals surface area (Å²) in [6.45, 7) is 6.58. The second-order valence-corrected chi connectivity index (χ2v) is 8.58. The van der Waals surface area contributed by atoms with E-state index in [1.54, 1.807) is 12.1 Å². The molecule has 2 aliphatic rings. The van der Waals surface area contributed by atoms with Crippen LogP contribution in [0.25, 0.3) is 0 Å². The number of ether oxygens (including phenoxy) is 1. The smallest absolute Gasteiger partial charge is 0.236 e. The highest BCUT2D eigenvalue weighted by Gasteiger charge is 2.25. The topological polar surface area (TPSA) is 36.0 Å². The zero-order valence-corrected chi connectivity index (χ0v) is 18.1. The monoisotopic (exact) mass is 425 g/mol. The van der Waals surface area contributed by atoms with Crippen LogP contribution < -0.4 is 0 Å². The fourth-order valence-electron chi connectivity index (χ4n) is 4.44. The summed E-state index contributed by atoms with van der Waals surface area (Å²) < 4.78 is 19.4. The quantitative estimate of drug-likeness (QED) is 0.651. The Hall–Kier alpha value is -2.28. The van der Waals surface area contributed by atoms with Gasteiger partial charge in [-0.25, -0.2) is 4.39 Å². The lowest BCUT2D eigenvalue weighted by Crippen LogP contribution is -2.51. The van der Waals surface area contributed by atoms with Crippen molar-refractivity contribution in [3.05, 3.63) is 71.5 Å². The van der Waals surface area contributed by atoms with Crippen molar-refractivity contribution in [2.45, 2.75) is 32.0 Å². The van der Waals surface area contributed by atoms with Crippen LogP contribution in [0.1, 0.15) is 24.0 Å². The Labute approximate surface area is 184 Å². The van der Waals surface area contributed by atoms with Gasteiger partial charge in [0.15, 0.2) is 0 Å². The van der Waals surface area contributed by atoms with Crippen LogP contribution in [-0.4, -0.2) is 72.6 Å². The number of piperazine rings is 1. The standard InChI is InChI=1S/C25H32FN3O2/c26-23-9-4-8-22(16-23)18-28(19-24-10-5-15-31-24)20-25(30)29-13-11-27(12-14-29)17-21-6-2-1-3-7-21/h1-4,6-9,16,24H,5,10-15,17-20H2. The van der Waals surface area contributed by atoms with Gasteiger partial charge in [-0.05, 0) is 36.1 Å². The van der Waals surface area contributed by atoms with E-state index in [2.05, 4.69) is 34.1 Å². The molecule has 4 rings (SSSR count).